The molecule has 0 aromatic rings. The van der Waals surface area contributed by atoms with Crippen molar-refractivity contribution in [2.75, 3.05) is 19.8 Å². The minimum absolute atomic E-state index is 0.0436. The average molecular weight is 334 g/mol. The lowest BCUT2D eigenvalue weighted by Gasteiger charge is -2.33. The predicted molar refractivity (Wildman–Crippen MR) is 78.1 cm³/mol. The summed E-state index contributed by atoms with van der Waals surface area (Å²) in [5.41, 5.74) is 0. The number of rotatable bonds is 7. The third kappa shape index (κ3) is 7.92. The van der Waals surface area contributed by atoms with Gasteiger partial charge in [-0.05, 0) is 6.92 Å². The zero-order chi connectivity index (χ0) is 17.8. The molecule has 0 spiro atoms. The van der Waals surface area contributed by atoms with Crippen LogP contribution in [0.25, 0.3) is 0 Å². The van der Waals surface area contributed by atoms with Crippen LogP contribution in [0.4, 0.5) is 13.2 Å². The molecule has 0 aliphatic carbocycles. The van der Waals surface area contributed by atoms with Crippen molar-refractivity contribution in [3.63, 3.8) is 0 Å². The summed E-state index contributed by atoms with van der Waals surface area (Å²) in [5.74, 6) is 5.83. The number of alkyl halides is 3. The molecule has 0 unspecified atom stereocenters. The molecule has 0 aliphatic rings. The molecule has 0 N–H and O–H groups in total. The maximum atomic E-state index is 13.4. The number of hydrogen-bond donors (Lipinski definition) is 0. The molecule has 130 valence electrons. The number of carbonyl (C=O) groups excluding carboxylic acids is 1. The SMILES string of the molecule is CCC#CCOC(CC(=O)OCC)(OCC#CCC)C(F)(F)F. The lowest BCUT2D eigenvalue weighted by atomic mass is 10.1. The van der Waals surface area contributed by atoms with E-state index in [1.54, 1.807) is 13.8 Å². The van der Waals surface area contributed by atoms with Crippen molar-refractivity contribution in [2.24, 2.45) is 0 Å². The van der Waals surface area contributed by atoms with E-state index in [0.29, 0.717) is 12.8 Å². The van der Waals surface area contributed by atoms with Crippen molar-refractivity contribution in [3.05, 3.63) is 0 Å². The molecule has 0 heterocycles. The zero-order valence-corrected chi connectivity index (χ0v) is 13.5. The van der Waals surface area contributed by atoms with Gasteiger partial charge in [0.25, 0.3) is 5.79 Å². The van der Waals surface area contributed by atoms with Crippen LogP contribution < -0.4 is 0 Å². The second kappa shape index (κ2) is 10.9. The third-order valence-electron chi connectivity index (χ3n) is 2.47. The number of hydrogen-bond acceptors (Lipinski definition) is 4. The van der Waals surface area contributed by atoms with E-state index in [9.17, 15) is 18.0 Å². The average Bonchev–Trinajstić information content (AvgIpc) is 2.46. The van der Waals surface area contributed by atoms with E-state index in [1.165, 1.54) is 6.92 Å². The van der Waals surface area contributed by atoms with Gasteiger partial charge in [0.1, 0.15) is 19.6 Å². The first-order valence-corrected chi connectivity index (χ1v) is 7.24. The van der Waals surface area contributed by atoms with Crippen molar-refractivity contribution < 1.29 is 32.2 Å². The quantitative estimate of drug-likeness (QED) is 0.408. The molecule has 7 heteroatoms. The van der Waals surface area contributed by atoms with Gasteiger partial charge in [-0.15, -0.1) is 11.8 Å². The summed E-state index contributed by atoms with van der Waals surface area (Å²) in [6.45, 7) is 3.91. The Kier molecular flexibility index (Phi) is 10.1. The van der Waals surface area contributed by atoms with Gasteiger partial charge in [0.15, 0.2) is 0 Å². The van der Waals surface area contributed by atoms with Crippen molar-refractivity contribution >= 4 is 5.97 Å². The molecule has 0 aromatic heterocycles. The van der Waals surface area contributed by atoms with Crippen LogP contribution in [0.2, 0.25) is 0 Å². The van der Waals surface area contributed by atoms with Gasteiger partial charge >= 0.3 is 12.1 Å². The Morgan fingerprint density at radius 1 is 0.913 bits per heavy atom. The first-order chi connectivity index (χ1) is 10.8. The summed E-state index contributed by atoms with van der Waals surface area (Å²) < 4.78 is 54.5. The van der Waals surface area contributed by atoms with Crippen LogP contribution in [0.1, 0.15) is 40.0 Å². The van der Waals surface area contributed by atoms with Gasteiger partial charge in [-0.2, -0.15) is 13.2 Å². The molecule has 4 nitrogen and oxygen atoms in total. The van der Waals surface area contributed by atoms with Crippen LogP contribution >= 0.6 is 0 Å². The first kappa shape index (κ1) is 21.3. The summed E-state index contributed by atoms with van der Waals surface area (Å²) in [5, 5.41) is 0. The maximum absolute atomic E-state index is 13.4. The molecule has 23 heavy (non-hydrogen) atoms. The van der Waals surface area contributed by atoms with Crippen LogP contribution in [-0.4, -0.2) is 37.8 Å². The molecular weight excluding hydrogens is 313 g/mol. The Hall–Kier alpha value is -1.70. The Balaban J connectivity index is 5.30. The van der Waals surface area contributed by atoms with Crippen molar-refractivity contribution in [3.8, 4) is 23.7 Å². The molecule has 0 fully saturated rings. The van der Waals surface area contributed by atoms with E-state index >= 15 is 0 Å². The molecule has 0 atom stereocenters. The van der Waals surface area contributed by atoms with Crippen molar-refractivity contribution in [1.82, 2.24) is 0 Å². The fourth-order valence-electron chi connectivity index (χ4n) is 1.47. The van der Waals surface area contributed by atoms with Gasteiger partial charge in [0, 0.05) is 12.8 Å². The normalized spacial score (nSPS) is 11.0. The maximum Gasteiger partial charge on any atom is 0.443 e. The number of halogens is 3. The Labute approximate surface area is 134 Å². The minimum Gasteiger partial charge on any atom is -0.466 e. The molecule has 0 rings (SSSR count). The fourth-order valence-corrected chi connectivity index (χ4v) is 1.47. The highest BCUT2D eigenvalue weighted by Gasteiger charge is 2.59. The largest absolute Gasteiger partial charge is 0.466 e. The Morgan fingerprint density at radius 3 is 1.74 bits per heavy atom. The summed E-state index contributed by atoms with van der Waals surface area (Å²) >= 11 is 0. The van der Waals surface area contributed by atoms with Crippen LogP contribution in [0.15, 0.2) is 0 Å². The summed E-state index contributed by atoms with van der Waals surface area (Å²) in [6, 6.07) is 0. The van der Waals surface area contributed by atoms with Crippen molar-refractivity contribution in [2.45, 2.75) is 52.0 Å². The molecule has 0 radical (unpaired) electrons. The van der Waals surface area contributed by atoms with E-state index in [4.69, 9.17) is 9.47 Å². The molecule has 0 saturated carbocycles. The monoisotopic (exact) mass is 334 g/mol. The topological polar surface area (TPSA) is 44.8 Å². The fraction of sp³-hybridized carbons (Fsp3) is 0.688. The van der Waals surface area contributed by atoms with E-state index in [2.05, 4.69) is 28.4 Å². The minimum atomic E-state index is -4.94. The Morgan fingerprint density at radius 2 is 1.39 bits per heavy atom. The molecular formula is C16H21F3O4. The smallest absolute Gasteiger partial charge is 0.443 e. The van der Waals surface area contributed by atoms with E-state index in [1.807, 2.05) is 0 Å². The highest BCUT2D eigenvalue weighted by molar-refractivity contribution is 5.70. The molecule has 0 bridgehead atoms. The molecule has 0 aliphatic heterocycles. The van der Waals surface area contributed by atoms with Gasteiger partial charge in [-0.25, -0.2) is 0 Å². The van der Waals surface area contributed by atoms with Gasteiger partial charge < -0.3 is 14.2 Å². The van der Waals surface area contributed by atoms with Crippen LogP contribution in [-0.2, 0) is 19.0 Å². The van der Waals surface area contributed by atoms with Crippen LogP contribution in [0.5, 0.6) is 0 Å². The molecule has 0 aromatic carbocycles. The predicted octanol–water partition coefficient (Wildman–Crippen LogP) is 3.06. The molecule has 0 saturated heterocycles. The van der Waals surface area contributed by atoms with E-state index in [-0.39, 0.29) is 6.61 Å². The Bertz CT molecular complexity index is 452. The second-order valence-corrected chi connectivity index (χ2v) is 4.22. The van der Waals surface area contributed by atoms with Gasteiger partial charge in [-0.1, -0.05) is 25.7 Å². The van der Waals surface area contributed by atoms with Gasteiger partial charge in [-0.3, -0.25) is 4.79 Å². The number of carbonyl (C=O) groups is 1. The number of ether oxygens (including phenoxy) is 3. The second-order valence-electron chi connectivity index (χ2n) is 4.22. The zero-order valence-electron chi connectivity index (χ0n) is 13.5. The third-order valence-corrected chi connectivity index (χ3v) is 2.47. The summed E-state index contributed by atoms with van der Waals surface area (Å²) in [7, 11) is 0. The van der Waals surface area contributed by atoms with Crippen LogP contribution in [0.3, 0.4) is 0 Å². The van der Waals surface area contributed by atoms with E-state index in [0.717, 1.165) is 0 Å². The highest BCUT2D eigenvalue weighted by atomic mass is 19.4. The van der Waals surface area contributed by atoms with Gasteiger partial charge in [0.2, 0.25) is 0 Å². The first-order valence-electron chi connectivity index (χ1n) is 7.24. The van der Waals surface area contributed by atoms with Gasteiger partial charge in [0.05, 0.1) is 6.61 Å². The number of esters is 1. The highest BCUT2D eigenvalue weighted by Crippen LogP contribution is 2.38. The summed E-state index contributed by atoms with van der Waals surface area (Å²) in [4.78, 5) is 11.5. The van der Waals surface area contributed by atoms with Crippen LogP contribution in [0, 0.1) is 23.7 Å². The molecule has 0 amide bonds. The standard InChI is InChI=1S/C16H21F3O4/c1-4-7-9-11-22-15(16(17,18)19,13-14(20)21-6-3)23-12-10-8-5-2/h4-6,11-13H2,1-3H3. The summed E-state index contributed by atoms with van der Waals surface area (Å²) in [6.07, 6.45) is -5.11. The lowest BCUT2D eigenvalue weighted by Crippen LogP contribution is -2.52. The lowest BCUT2D eigenvalue weighted by molar-refractivity contribution is -0.375. The van der Waals surface area contributed by atoms with E-state index < -0.39 is 37.6 Å². The van der Waals surface area contributed by atoms with Crippen molar-refractivity contribution in [1.29, 1.82) is 0 Å².